The fourth-order valence-corrected chi connectivity index (χ4v) is 2.28. The zero-order chi connectivity index (χ0) is 11.3. The Morgan fingerprint density at radius 2 is 2.19 bits per heavy atom. The number of aromatic nitrogens is 3. The van der Waals surface area contributed by atoms with Crippen molar-refractivity contribution in [1.82, 2.24) is 14.6 Å². The van der Waals surface area contributed by atoms with Gasteiger partial charge in [0.25, 0.3) is 0 Å². The molecule has 0 radical (unpaired) electrons. The lowest BCUT2D eigenvalue weighted by Crippen LogP contribution is -2.22. The highest BCUT2D eigenvalue weighted by atomic mass is 15.3. The second kappa shape index (κ2) is 2.97. The summed E-state index contributed by atoms with van der Waals surface area (Å²) in [4.78, 5) is 4.65. The van der Waals surface area contributed by atoms with E-state index >= 15 is 0 Å². The van der Waals surface area contributed by atoms with Crippen LogP contribution in [0.15, 0.2) is 18.3 Å². The summed E-state index contributed by atoms with van der Waals surface area (Å²) in [7, 11) is 0. The molecule has 0 spiro atoms. The molecule has 2 aromatic heterocycles. The van der Waals surface area contributed by atoms with E-state index in [1.165, 1.54) is 12.8 Å². The lowest BCUT2D eigenvalue weighted by Gasteiger charge is -2.24. The quantitative estimate of drug-likeness (QED) is 0.835. The van der Waals surface area contributed by atoms with E-state index in [0.29, 0.717) is 5.82 Å². The van der Waals surface area contributed by atoms with Crippen LogP contribution >= 0.6 is 0 Å². The summed E-state index contributed by atoms with van der Waals surface area (Å²) in [5.74, 6) is 1.42. The number of hydrogen-bond acceptors (Lipinski definition) is 3. The topological polar surface area (TPSA) is 56.2 Å². The van der Waals surface area contributed by atoms with Crippen LogP contribution in [0, 0.1) is 5.92 Å². The van der Waals surface area contributed by atoms with Gasteiger partial charge in [-0.15, -0.1) is 0 Å². The molecule has 0 saturated heterocycles. The van der Waals surface area contributed by atoms with Gasteiger partial charge in [-0.3, -0.25) is 0 Å². The van der Waals surface area contributed by atoms with Gasteiger partial charge in [-0.25, -0.2) is 4.98 Å². The monoisotopic (exact) mass is 216 g/mol. The molecule has 16 heavy (non-hydrogen) atoms. The molecule has 0 unspecified atom stereocenters. The fourth-order valence-electron chi connectivity index (χ4n) is 2.28. The molecule has 0 aromatic carbocycles. The third-order valence-corrected chi connectivity index (χ3v) is 3.65. The molecule has 2 N–H and O–H groups in total. The molecule has 0 amide bonds. The van der Waals surface area contributed by atoms with E-state index in [2.05, 4.69) is 23.9 Å². The number of nitrogens with two attached hydrogens (primary N) is 1. The minimum absolute atomic E-state index is 0.125. The van der Waals surface area contributed by atoms with Crippen LogP contribution in [-0.2, 0) is 5.41 Å². The SMILES string of the molecule is CC(C)(c1cc(N)n2nccc2n1)C1CC1. The molecule has 84 valence electrons. The highest BCUT2D eigenvalue weighted by molar-refractivity contribution is 5.48. The number of rotatable bonds is 2. The number of fused-ring (bicyclic) bond motifs is 1. The average Bonchev–Trinajstić information content (AvgIpc) is 2.98. The largest absolute Gasteiger partial charge is 0.384 e. The molecule has 3 rings (SSSR count). The first-order valence-electron chi connectivity index (χ1n) is 5.70. The molecule has 0 aliphatic heterocycles. The van der Waals surface area contributed by atoms with Crippen LogP contribution in [0.5, 0.6) is 0 Å². The predicted octanol–water partition coefficient (Wildman–Crippen LogP) is 2.00. The van der Waals surface area contributed by atoms with Gasteiger partial charge < -0.3 is 5.73 Å². The van der Waals surface area contributed by atoms with Crippen molar-refractivity contribution in [3.05, 3.63) is 24.0 Å². The third-order valence-electron chi connectivity index (χ3n) is 3.65. The lowest BCUT2D eigenvalue weighted by atomic mass is 9.83. The zero-order valence-corrected chi connectivity index (χ0v) is 9.64. The van der Waals surface area contributed by atoms with E-state index in [-0.39, 0.29) is 5.41 Å². The summed E-state index contributed by atoms with van der Waals surface area (Å²) < 4.78 is 1.67. The first-order valence-corrected chi connectivity index (χ1v) is 5.70. The van der Waals surface area contributed by atoms with E-state index in [1.807, 2.05) is 12.1 Å². The molecular weight excluding hydrogens is 200 g/mol. The van der Waals surface area contributed by atoms with Crippen molar-refractivity contribution >= 4 is 11.5 Å². The van der Waals surface area contributed by atoms with Gasteiger partial charge in [0, 0.05) is 17.5 Å². The fraction of sp³-hybridized carbons (Fsp3) is 0.500. The van der Waals surface area contributed by atoms with Crippen molar-refractivity contribution in [1.29, 1.82) is 0 Å². The Hall–Kier alpha value is -1.58. The van der Waals surface area contributed by atoms with Crippen LogP contribution in [0.3, 0.4) is 0 Å². The van der Waals surface area contributed by atoms with E-state index in [9.17, 15) is 0 Å². The Morgan fingerprint density at radius 3 is 2.88 bits per heavy atom. The Kier molecular flexibility index (Phi) is 1.79. The van der Waals surface area contributed by atoms with Gasteiger partial charge in [0.15, 0.2) is 5.65 Å². The smallest absolute Gasteiger partial charge is 0.157 e. The standard InChI is InChI=1S/C12H16N4/c1-12(2,8-3-4-8)9-7-10(13)16-11(15-9)5-6-14-16/h5-8H,3-4,13H2,1-2H3. The highest BCUT2D eigenvalue weighted by Crippen LogP contribution is 2.46. The minimum atomic E-state index is 0.125. The molecule has 1 fully saturated rings. The summed E-state index contributed by atoms with van der Waals surface area (Å²) in [6.45, 7) is 4.50. The molecular formula is C12H16N4. The van der Waals surface area contributed by atoms with Gasteiger partial charge in [0.1, 0.15) is 5.82 Å². The molecule has 1 aliphatic carbocycles. The summed E-state index contributed by atoms with van der Waals surface area (Å²) >= 11 is 0. The minimum Gasteiger partial charge on any atom is -0.384 e. The van der Waals surface area contributed by atoms with Crippen LogP contribution in [0.4, 0.5) is 5.82 Å². The summed E-state index contributed by atoms with van der Waals surface area (Å²) in [5.41, 5.74) is 8.02. The molecule has 2 aromatic rings. The van der Waals surface area contributed by atoms with Crippen LogP contribution in [-0.4, -0.2) is 14.6 Å². The first-order chi connectivity index (χ1) is 7.59. The lowest BCUT2D eigenvalue weighted by molar-refractivity contribution is 0.441. The van der Waals surface area contributed by atoms with Gasteiger partial charge in [0.05, 0.1) is 11.9 Å². The van der Waals surface area contributed by atoms with Gasteiger partial charge in [-0.1, -0.05) is 13.8 Å². The molecule has 2 heterocycles. The number of hydrogen-bond donors (Lipinski definition) is 1. The summed E-state index contributed by atoms with van der Waals surface area (Å²) in [6, 6.07) is 3.85. The van der Waals surface area contributed by atoms with E-state index in [1.54, 1.807) is 10.7 Å². The number of nitrogen functional groups attached to an aromatic ring is 1. The number of anilines is 1. The molecule has 1 saturated carbocycles. The molecule has 1 aliphatic rings. The van der Waals surface area contributed by atoms with Crippen molar-refractivity contribution in [3.8, 4) is 0 Å². The molecule has 0 atom stereocenters. The van der Waals surface area contributed by atoms with E-state index in [4.69, 9.17) is 5.73 Å². The predicted molar refractivity (Wildman–Crippen MR) is 63.1 cm³/mol. The Labute approximate surface area is 94.5 Å². The second-order valence-corrected chi connectivity index (χ2v) is 5.16. The number of nitrogens with zero attached hydrogens (tertiary/aromatic N) is 3. The van der Waals surface area contributed by atoms with Gasteiger partial charge >= 0.3 is 0 Å². The zero-order valence-electron chi connectivity index (χ0n) is 9.64. The summed E-state index contributed by atoms with van der Waals surface area (Å²) in [5, 5.41) is 4.13. The van der Waals surface area contributed by atoms with Crippen LogP contribution in [0.25, 0.3) is 5.65 Å². The van der Waals surface area contributed by atoms with Gasteiger partial charge in [-0.05, 0) is 18.8 Å². The third kappa shape index (κ3) is 1.29. The van der Waals surface area contributed by atoms with E-state index in [0.717, 1.165) is 17.3 Å². The van der Waals surface area contributed by atoms with Crippen molar-refractivity contribution in [3.63, 3.8) is 0 Å². The Balaban J connectivity index is 2.16. The molecule has 4 nitrogen and oxygen atoms in total. The van der Waals surface area contributed by atoms with Crippen LogP contribution in [0.2, 0.25) is 0 Å². The second-order valence-electron chi connectivity index (χ2n) is 5.16. The van der Waals surface area contributed by atoms with Crippen molar-refractivity contribution in [2.75, 3.05) is 5.73 Å². The normalized spacial score (nSPS) is 16.9. The Bertz CT molecular complexity index is 537. The van der Waals surface area contributed by atoms with Crippen LogP contribution in [0.1, 0.15) is 32.4 Å². The van der Waals surface area contributed by atoms with Gasteiger partial charge in [0.2, 0.25) is 0 Å². The van der Waals surface area contributed by atoms with Crippen molar-refractivity contribution in [2.24, 2.45) is 5.92 Å². The van der Waals surface area contributed by atoms with Crippen molar-refractivity contribution < 1.29 is 0 Å². The molecule has 4 heteroatoms. The average molecular weight is 216 g/mol. The Morgan fingerprint density at radius 1 is 1.44 bits per heavy atom. The van der Waals surface area contributed by atoms with Gasteiger partial charge in [-0.2, -0.15) is 9.61 Å². The first kappa shape index (κ1) is 9.63. The van der Waals surface area contributed by atoms with E-state index < -0.39 is 0 Å². The summed E-state index contributed by atoms with van der Waals surface area (Å²) in [6.07, 6.45) is 4.34. The highest BCUT2D eigenvalue weighted by Gasteiger charge is 2.40. The van der Waals surface area contributed by atoms with Crippen molar-refractivity contribution in [2.45, 2.75) is 32.1 Å². The maximum atomic E-state index is 5.98. The maximum Gasteiger partial charge on any atom is 0.157 e. The van der Waals surface area contributed by atoms with Crippen LogP contribution < -0.4 is 5.73 Å². The maximum absolute atomic E-state index is 5.98. The molecule has 0 bridgehead atoms.